The molecule has 2 aliphatic rings. The van der Waals surface area contributed by atoms with Crippen molar-refractivity contribution < 1.29 is 13.9 Å². The topological polar surface area (TPSA) is 60.2 Å². The minimum Gasteiger partial charge on any atom is -0.382 e. The summed E-state index contributed by atoms with van der Waals surface area (Å²) in [6.45, 7) is 2.86. The lowest BCUT2D eigenvalue weighted by molar-refractivity contribution is -0.0812. The predicted octanol–water partition coefficient (Wildman–Crippen LogP) is 3.64. The number of hydrogen-bond acceptors (Lipinski definition) is 6. The Morgan fingerprint density at radius 3 is 3.13 bits per heavy atom. The van der Waals surface area contributed by atoms with E-state index in [0.717, 1.165) is 10.8 Å². The van der Waals surface area contributed by atoms with Gasteiger partial charge >= 0.3 is 0 Å². The minimum atomic E-state index is -0.721. The number of fused-ring (bicyclic) bond motifs is 1. The summed E-state index contributed by atoms with van der Waals surface area (Å²) in [5.41, 5.74) is -0.0688. The zero-order chi connectivity index (χ0) is 16.4. The molecule has 0 aromatic heterocycles. The summed E-state index contributed by atoms with van der Waals surface area (Å²) < 4.78 is 25.7. The maximum atomic E-state index is 14.6. The molecule has 2 heterocycles. The number of nitrogens with zero attached hydrogens (tertiary/aromatic N) is 2. The first-order chi connectivity index (χ1) is 11.1. The Morgan fingerprint density at radius 1 is 1.57 bits per heavy atom. The van der Waals surface area contributed by atoms with Crippen LogP contribution in [0.1, 0.15) is 18.9 Å². The molecule has 1 aromatic carbocycles. The van der Waals surface area contributed by atoms with E-state index in [0.29, 0.717) is 25.2 Å². The molecule has 2 unspecified atom stereocenters. The molecule has 1 aromatic rings. The molecule has 0 spiro atoms. The van der Waals surface area contributed by atoms with Gasteiger partial charge in [-0.1, -0.05) is 0 Å². The van der Waals surface area contributed by atoms with Gasteiger partial charge in [-0.2, -0.15) is 0 Å². The van der Waals surface area contributed by atoms with E-state index in [2.05, 4.69) is 5.18 Å². The van der Waals surface area contributed by atoms with Crippen LogP contribution in [0.2, 0.25) is 0 Å². The van der Waals surface area contributed by atoms with Crippen LogP contribution in [0, 0.1) is 16.6 Å². The van der Waals surface area contributed by atoms with Crippen molar-refractivity contribution in [1.82, 2.24) is 0 Å². The van der Waals surface area contributed by atoms with E-state index in [1.807, 2.05) is 6.92 Å². The minimum absolute atomic E-state index is 0.0562. The first kappa shape index (κ1) is 16.5. The number of hydrogen-bond donors (Lipinski definition) is 0. The molecule has 0 amide bonds. The van der Waals surface area contributed by atoms with Crippen molar-refractivity contribution in [3.05, 3.63) is 34.5 Å². The Labute approximate surface area is 138 Å². The third kappa shape index (κ3) is 3.05. The molecule has 7 heteroatoms. The van der Waals surface area contributed by atoms with Gasteiger partial charge in [0, 0.05) is 30.8 Å². The van der Waals surface area contributed by atoms with E-state index >= 15 is 0 Å². The molecule has 1 fully saturated rings. The number of thioether (sulfide) groups is 1. The van der Waals surface area contributed by atoms with Gasteiger partial charge in [0.2, 0.25) is 0 Å². The van der Waals surface area contributed by atoms with Crippen LogP contribution in [0.25, 0.3) is 0 Å². The SMILES string of the molecule is COC[C@H]1CC2(c3cc(N=O)ccc3F)N=C(C)SCC2CO1. The molecule has 0 aliphatic carbocycles. The van der Waals surface area contributed by atoms with E-state index in [9.17, 15) is 9.30 Å². The van der Waals surface area contributed by atoms with E-state index < -0.39 is 5.54 Å². The van der Waals surface area contributed by atoms with Gasteiger partial charge in [0.05, 0.1) is 29.9 Å². The maximum Gasteiger partial charge on any atom is 0.129 e. The lowest BCUT2D eigenvalue weighted by Gasteiger charge is -2.46. The number of methoxy groups -OCH3 is 1. The average molecular weight is 338 g/mol. The molecular weight excluding hydrogens is 319 g/mol. The summed E-state index contributed by atoms with van der Waals surface area (Å²) in [4.78, 5) is 15.7. The second kappa shape index (κ2) is 6.67. The summed E-state index contributed by atoms with van der Waals surface area (Å²) in [5, 5.41) is 3.87. The van der Waals surface area contributed by atoms with Crippen molar-refractivity contribution in [3.63, 3.8) is 0 Å². The molecule has 0 radical (unpaired) electrons. The highest BCUT2D eigenvalue weighted by Crippen LogP contribution is 2.48. The quantitative estimate of drug-likeness (QED) is 0.787. The second-order valence-corrected chi connectivity index (χ2v) is 7.15. The normalized spacial score (nSPS) is 30.5. The zero-order valence-corrected chi connectivity index (χ0v) is 13.9. The van der Waals surface area contributed by atoms with Gasteiger partial charge in [0.15, 0.2) is 0 Å². The van der Waals surface area contributed by atoms with Gasteiger partial charge in [-0.3, -0.25) is 4.99 Å². The summed E-state index contributed by atoms with van der Waals surface area (Å²) in [5.74, 6) is 0.511. The molecule has 5 nitrogen and oxygen atoms in total. The monoisotopic (exact) mass is 338 g/mol. The second-order valence-electron chi connectivity index (χ2n) is 5.93. The van der Waals surface area contributed by atoms with Crippen molar-refractivity contribution >= 4 is 22.5 Å². The van der Waals surface area contributed by atoms with Gasteiger partial charge in [-0.15, -0.1) is 16.7 Å². The van der Waals surface area contributed by atoms with Crippen LogP contribution >= 0.6 is 11.8 Å². The Kier molecular flexibility index (Phi) is 4.79. The largest absolute Gasteiger partial charge is 0.382 e. The summed E-state index contributed by atoms with van der Waals surface area (Å²) in [7, 11) is 1.62. The number of benzene rings is 1. The molecule has 3 atom stereocenters. The smallest absolute Gasteiger partial charge is 0.129 e. The molecule has 1 saturated heterocycles. The molecular formula is C16H19FN2O3S. The number of halogens is 1. The molecule has 23 heavy (non-hydrogen) atoms. The first-order valence-corrected chi connectivity index (χ1v) is 8.51. The predicted molar refractivity (Wildman–Crippen MR) is 88.8 cm³/mol. The molecule has 124 valence electrons. The van der Waals surface area contributed by atoms with E-state index in [1.54, 1.807) is 18.9 Å². The Hall–Kier alpha value is -1.31. The maximum absolute atomic E-state index is 14.6. The number of aliphatic imine (C=N–C) groups is 1. The van der Waals surface area contributed by atoms with Crippen molar-refractivity contribution in [3.8, 4) is 0 Å². The standard InChI is InChI=1S/C16H19FN2O3S/c1-10-18-16(14-5-12(19-20)3-4-15(14)17)6-13(8-21-2)22-7-11(16)9-23-10/h3-5,11,13H,6-9H2,1-2H3/t11?,13-,16?/m1/s1. The third-order valence-corrected chi connectivity index (χ3v) is 5.55. The van der Waals surface area contributed by atoms with Crippen molar-refractivity contribution in [2.45, 2.75) is 25.0 Å². The van der Waals surface area contributed by atoms with Crippen molar-refractivity contribution in [2.24, 2.45) is 16.1 Å². The molecule has 0 saturated carbocycles. The summed E-state index contributed by atoms with van der Waals surface area (Å²) in [6.07, 6.45) is 0.381. The Morgan fingerprint density at radius 2 is 2.39 bits per heavy atom. The zero-order valence-electron chi connectivity index (χ0n) is 13.1. The molecule has 0 N–H and O–H groups in total. The Bertz CT molecular complexity index is 640. The van der Waals surface area contributed by atoms with Gasteiger partial charge in [0.1, 0.15) is 11.5 Å². The number of rotatable bonds is 4. The van der Waals surface area contributed by atoms with Crippen molar-refractivity contribution in [1.29, 1.82) is 0 Å². The third-order valence-electron chi connectivity index (χ3n) is 4.47. The highest BCUT2D eigenvalue weighted by molar-refractivity contribution is 8.13. The highest BCUT2D eigenvalue weighted by Gasteiger charge is 2.49. The van der Waals surface area contributed by atoms with Crippen LogP contribution in [0.4, 0.5) is 10.1 Å². The first-order valence-electron chi connectivity index (χ1n) is 7.52. The fourth-order valence-electron chi connectivity index (χ4n) is 3.40. The molecule has 0 bridgehead atoms. The van der Waals surface area contributed by atoms with E-state index in [-0.39, 0.29) is 23.5 Å². The van der Waals surface area contributed by atoms with Crippen LogP contribution in [0.15, 0.2) is 28.4 Å². The summed E-state index contributed by atoms with van der Waals surface area (Å²) in [6, 6.07) is 4.21. The van der Waals surface area contributed by atoms with Gasteiger partial charge in [0.25, 0.3) is 0 Å². The lowest BCUT2D eigenvalue weighted by atomic mass is 9.73. The summed E-state index contributed by atoms with van der Waals surface area (Å²) >= 11 is 1.66. The van der Waals surface area contributed by atoms with E-state index in [4.69, 9.17) is 14.5 Å². The van der Waals surface area contributed by atoms with Crippen LogP contribution < -0.4 is 0 Å². The van der Waals surface area contributed by atoms with E-state index in [1.165, 1.54) is 18.2 Å². The van der Waals surface area contributed by atoms with Crippen LogP contribution in [-0.2, 0) is 15.0 Å². The van der Waals surface area contributed by atoms with Crippen LogP contribution in [-0.4, -0.2) is 37.2 Å². The highest BCUT2D eigenvalue weighted by atomic mass is 32.2. The fraction of sp³-hybridized carbons (Fsp3) is 0.562. The number of nitroso groups, excluding NO2 is 1. The molecule has 2 aliphatic heterocycles. The Balaban J connectivity index is 2.11. The fourth-order valence-corrected chi connectivity index (χ4v) is 4.45. The molecule has 3 rings (SSSR count). The van der Waals surface area contributed by atoms with Gasteiger partial charge < -0.3 is 9.47 Å². The van der Waals surface area contributed by atoms with Crippen molar-refractivity contribution in [2.75, 3.05) is 26.1 Å². The van der Waals surface area contributed by atoms with Crippen LogP contribution in [0.5, 0.6) is 0 Å². The van der Waals surface area contributed by atoms with Gasteiger partial charge in [-0.25, -0.2) is 4.39 Å². The lowest BCUT2D eigenvalue weighted by Crippen LogP contribution is -2.50. The van der Waals surface area contributed by atoms with Crippen LogP contribution in [0.3, 0.4) is 0 Å². The number of ether oxygens (including phenoxy) is 2. The van der Waals surface area contributed by atoms with Gasteiger partial charge in [-0.05, 0) is 30.3 Å². The average Bonchev–Trinajstić information content (AvgIpc) is 2.55.